The number of nitrogens with one attached hydrogen (secondary N) is 1. The van der Waals surface area contributed by atoms with Gasteiger partial charge in [0.25, 0.3) is 0 Å². The van der Waals surface area contributed by atoms with Crippen LogP contribution in [0.1, 0.15) is 24.6 Å². The molecule has 1 unspecified atom stereocenters. The maximum Gasteiger partial charge on any atom is 0.0931 e. The van der Waals surface area contributed by atoms with Crippen LogP contribution in [-0.2, 0) is 11.3 Å². The number of thiophene rings is 1. The Kier molecular flexibility index (Phi) is 3.67. The van der Waals surface area contributed by atoms with Crippen LogP contribution in [0.5, 0.6) is 0 Å². The predicted octanol–water partition coefficient (Wildman–Crippen LogP) is 3.06. The van der Waals surface area contributed by atoms with E-state index in [9.17, 15) is 0 Å². The molecule has 1 atom stereocenters. The minimum Gasteiger partial charge on any atom is -0.374 e. The van der Waals surface area contributed by atoms with Crippen molar-refractivity contribution in [2.24, 2.45) is 0 Å². The lowest BCUT2D eigenvalue weighted by Gasteiger charge is -2.23. The molecule has 0 aromatic carbocycles. The first-order valence-electron chi connectivity index (χ1n) is 5.27. The molecule has 1 aliphatic heterocycles. The van der Waals surface area contributed by atoms with Crippen LogP contribution in [-0.4, -0.2) is 18.8 Å². The van der Waals surface area contributed by atoms with Gasteiger partial charge in [0.1, 0.15) is 0 Å². The van der Waals surface area contributed by atoms with Gasteiger partial charge >= 0.3 is 0 Å². The third-order valence-electron chi connectivity index (χ3n) is 2.73. The number of ether oxygens (including phenoxy) is 1. The molecule has 2 rings (SSSR count). The highest BCUT2D eigenvalue weighted by molar-refractivity contribution is 7.16. The zero-order chi connectivity index (χ0) is 10.7. The van der Waals surface area contributed by atoms with Gasteiger partial charge in [-0.05, 0) is 31.9 Å². The highest BCUT2D eigenvalue weighted by Crippen LogP contribution is 2.25. The zero-order valence-electron chi connectivity index (χ0n) is 8.88. The summed E-state index contributed by atoms with van der Waals surface area (Å²) in [5.74, 6) is 0. The molecule has 1 aliphatic rings. The van der Waals surface area contributed by atoms with Gasteiger partial charge in [0, 0.05) is 24.6 Å². The van der Waals surface area contributed by atoms with Crippen molar-refractivity contribution in [2.75, 3.05) is 13.2 Å². The Hall–Kier alpha value is -0.0900. The molecule has 0 saturated carbocycles. The molecule has 2 heterocycles. The second-order valence-corrected chi connectivity index (χ2v) is 6.01. The van der Waals surface area contributed by atoms with Gasteiger partial charge in [0.2, 0.25) is 0 Å². The zero-order valence-corrected chi connectivity index (χ0v) is 10.5. The largest absolute Gasteiger partial charge is 0.374 e. The Bertz CT molecular complexity index is 320. The van der Waals surface area contributed by atoms with E-state index in [1.54, 1.807) is 11.3 Å². The van der Waals surface area contributed by atoms with Crippen molar-refractivity contribution in [3.63, 3.8) is 0 Å². The van der Waals surface area contributed by atoms with Crippen molar-refractivity contribution in [1.29, 1.82) is 0 Å². The Labute approximate surface area is 99.6 Å². The molecule has 1 N–H and O–H groups in total. The van der Waals surface area contributed by atoms with E-state index in [2.05, 4.69) is 18.3 Å². The molecule has 4 heteroatoms. The van der Waals surface area contributed by atoms with Crippen molar-refractivity contribution >= 4 is 22.9 Å². The normalized spacial score (nSPS) is 26.0. The van der Waals surface area contributed by atoms with Crippen LogP contribution < -0.4 is 5.32 Å². The molecule has 0 amide bonds. The highest BCUT2D eigenvalue weighted by atomic mass is 35.5. The van der Waals surface area contributed by atoms with E-state index in [-0.39, 0.29) is 5.60 Å². The Morgan fingerprint density at radius 3 is 3.07 bits per heavy atom. The van der Waals surface area contributed by atoms with E-state index in [1.807, 2.05) is 6.07 Å². The summed E-state index contributed by atoms with van der Waals surface area (Å²) < 4.78 is 6.56. The van der Waals surface area contributed by atoms with Crippen molar-refractivity contribution in [1.82, 2.24) is 5.32 Å². The maximum absolute atomic E-state index is 5.86. The summed E-state index contributed by atoms with van der Waals surface area (Å²) in [6, 6.07) is 4.01. The van der Waals surface area contributed by atoms with Gasteiger partial charge in [0.15, 0.2) is 0 Å². The van der Waals surface area contributed by atoms with Crippen LogP contribution in [0.4, 0.5) is 0 Å². The molecule has 1 fully saturated rings. The van der Waals surface area contributed by atoms with E-state index < -0.39 is 0 Å². The third-order valence-corrected chi connectivity index (χ3v) is 3.96. The second-order valence-electron chi connectivity index (χ2n) is 4.21. The first kappa shape index (κ1) is 11.4. The molecule has 1 aromatic heterocycles. The molecule has 1 saturated heterocycles. The molecule has 1 aromatic rings. The number of hydrogen-bond donors (Lipinski definition) is 1. The van der Waals surface area contributed by atoms with Gasteiger partial charge in [0.05, 0.1) is 9.94 Å². The average molecular weight is 246 g/mol. The molecule has 84 valence electrons. The fourth-order valence-corrected chi connectivity index (χ4v) is 2.93. The molecule has 2 nitrogen and oxygen atoms in total. The number of halogens is 1. The summed E-state index contributed by atoms with van der Waals surface area (Å²) in [6.07, 6.45) is 2.34. The van der Waals surface area contributed by atoms with Gasteiger partial charge in [-0.15, -0.1) is 11.3 Å². The third kappa shape index (κ3) is 3.18. The second kappa shape index (κ2) is 4.83. The predicted molar refractivity (Wildman–Crippen MR) is 64.6 cm³/mol. The molecule has 15 heavy (non-hydrogen) atoms. The topological polar surface area (TPSA) is 21.3 Å². The van der Waals surface area contributed by atoms with Gasteiger partial charge < -0.3 is 10.1 Å². The first-order valence-corrected chi connectivity index (χ1v) is 6.46. The average Bonchev–Trinajstić information content (AvgIpc) is 2.76. The van der Waals surface area contributed by atoms with E-state index in [0.29, 0.717) is 0 Å². The number of rotatable bonds is 4. The number of hydrogen-bond acceptors (Lipinski definition) is 3. The Morgan fingerprint density at radius 2 is 2.47 bits per heavy atom. The SMILES string of the molecule is CC1(CNCc2ccc(Cl)s2)CCCO1. The first-order chi connectivity index (χ1) is 7.18. The van der Waals surface area contributed by atoms with Crippen molar-refractivity contribution < 1.29 is 4.74 Å². The minimum atomic E-state index is 0.0427. The highest BCUT2D eigenvalue weighted by Gasteiger charge is 2.28. The van der Waals surface area contributed by atoms with Crippen LogP contribution in [0.25, 0.3) is 0 Å². The molecule has 0 bridgehead atoms. The lowest BCUT2D eigenvalue weighted by Crippen LogP contribution is -2.36. The lowest BCUT2D eigenvalue weighted by atomic mass is 10.0. The fraction of sp³-hybridized carbons (Fsp3) is 0.636. The van der Waals surface area contributed by atoms with Crippen LogP contribution in [0, 0.1) is 0 Å². The lowest BCUT2D eigenvalue weighted by molar-refractivity contribution is 0.0207. The Morgan fingerprint density at radius 1 is 1.60 bits per heavy atom. The van der Waals surface area contributed by atoms with E-state index in [0.717, 1.165) is 30.5 Å². The summed E-state index contributed by atoms with van der Waals surface area (Å²) in [7, 11) is 0. The standard InChI is InChI=1S/C11H16ClNOS/c1-11(5-2-6-14-11)8-13-7-9-3-4-10(12)15-9/h3-4,13H,2,5-8H2,1H3. The van der Waals surface area contributed by atoms with E-state index in [1.165, 1.54) is 11.3 Å². The quantitative estimate of drug-likeness (QED) is 0.881. The Balaban J connectivity index is 1.75. The van der Waals surface area contributed by atoms with Crippen LogP contribution in [0.15, 0.2) is 12.1 Å². The van der Waals surface area contributed by atoms with Gasteiger partial charge in [-0.1, -0.05) is 11.6 Å². The van der Waals surface area contributed by atoms with Gasteiger partial charge in [-0.25, -0.2) is 0 Å². The van der Waals surface area contributed by atoms with Gasteiger partial charge in [-0.2, -0.15) is 0 Å². The molecular weight excluding hydrogens is 230 g/mol. The van der Waals surface area contributed by atoms with Gasteiger partial charge in [-0.3, -0.25) is 0 Å². The summed E-state index contributed by atoms with van der Waals surface area (Å²) in [5.41, 5.74) is 0.0427. The van der Waals surface area contributed by atoms with Crippen LogP contribution >= 0.6 is 22.9 Å². The fourth-order valence-electron chi connectivity index (χ4n) is 1.87. The molecule has 0 aliphatic carbocycles. The summed E-state index contributed by atoms with van der Waals surface area (Å²) in [5, 5.41) is 3.42. The van der Waals surface area contributed by atoms with E-state index in [4.69, 9.17) is 16.3 Å². The summed E-state index contributed by atoms with van der Waals surface area (Å²) in [6.45, 7) is 4.89. The smallest absolute Gasteiger partial charge is 0.0931 e. The van der Waals surface area contributed by atoms with Crippen molar-refractivity contribution in [2.45, 2.75) is 31.9 Å². The summed E-state index contributed by atoms with van der Waals surface area (Å²) in [4.78, 5) is 1.28. The van der Waals surface area contributed by atoms with Crippen molar-refractivity contribution in [3.8, 4) is 0 Å². The van der Waals surface area contributed by atoms with E-state index >= 15 is 0 Å². The van der Waals surface area contributed by atoms with Crippen LogP contribution in [0.2, 0.25) is 4.34 Å². The molecule has 0 radical (unpaired) electrons. The molecule has 0 spiro atoms. The summed E-state index contributed by atoms with van der Waals surface area (Å²) >= 11 is 7.49. The molecular formula is C11H16ClNOS. The van der Waals surface area contributed by atoms with Crippen molar-refractivity contribution in [3.05, 3.63) is 21.3 Å². The monoisotopic (exact) mass is 245 g/mol. The minimum absolute atomic E-state index is 0.0427. The maximum atomic E-state index is 5.86. The van der Waals surface area contributed by atoms with Crippen LogP contribution in [0.3, 0.4) is 0 Å².